The number of aromatic nitrogens is 1. The van der Waals surface area contributed by atoms with Gasteiger partial charge in [0.15, 0.2) is 5.78 Å². The van der Waals surface area contributed by atoms with Gasteiger partial charge in [0.2, 0.25) is 0 Å². The van der Waals surface area contributed by atoms with Crippen LogP contribution in [0.2, 0.25) is 0 Å². The average Bonchev–Trinajstić information content (AvgIpc) is 2.67. The van der Waals surface area contributed by atoms with Crippen LogP contribution >= 0.6 is 0 Å². The average molecular weight is 373 g/mol. The van der Waals surface area contributed by atoms with Gasteiger partial charge in [-0.1, -0.05) is 36.4 Å². The van der Waals surface area contributed by atoms with Crippen LogP contribution in [0.5, 0.6) is 0 Å². The minimum atomic E-state index is -2.88. The molecule has 3 rings (SSSR count). The van der Waals surface area contributed by atoms with Crippen molar-refractivity contribution in [3.05, 3.63) is 59.8 Å². The van der Waals surface area contributed by atoms with E-state index < -0.39 is 18.5 Å². The number of nitrogens with zero attached hydrogens (tertiary/aromatic N) is 3. The fourth-order valence-corrected chi connectivity index (χ4v) is 3.66. The molecule has 144 valence electrons. The minimum absolute atomic E-state index is 0.104. The third kappa shape index (κ3) is 4.16. The van der Waals surface area contributed by atoms with Gasteiger partial charge in [-0.25, -0.2) is 13.8 Å². The predicted octanol–water partition coefficient (Wildman–Crippen LogP) is 4.19. The van der Waals surface area contributed by atoms with Gasteiger partial charge in [-0.05, 0) is 38.1 Å². The Morgan fingerprint density at radius 2 is 1.93 bits per heavy atom. The fraction of sp³-hybridized carbons (Fsp3) is 0.429. The van der Waals surface area contributed by atoms with E-state index in [0.717, 1.165) is 5.56 Å². The Balaban J connectivity index is 1.75. The van der Waals surface area contributed by atoms with Crippen molar-refractivity contribution >= 4 is 11.6 Å². The van der Waals surface area contributed by atoms with Crippen molar-refractivity contribution in [2.24, 2.45) is 0 Å². The highest BCUT2D eigenvalue weighted by molar-refractivity contribution is 5.92. The maximum atomic E-state index is 15.0. The lowest BCUT2D eigenvalue weighted by molar-refractivity contribution is -0.0907. The number of Topliss-reactive ketones (excluding diaryl/α,β-unsaturated/α-hetero) is 1. The van der Waals surface area contributed by atoms with Gasteiger partial charge in [-0.3, -0.25) is 9.69 Å². The van der Waals surface area contributed by atoms with E-state index in [4.69, 9.17) is 0 Å². The number of ketones is 1. The van der Waals surface area contributed by atoms with Crippen LogP contribution in [0.1, 0.15) is 42.4 Å². The number of benzene rings is 1. The molecule has 0 unspecified atom stereocenters. The quantitative estimate of drug-likeness (QED) is 0.737. The van der Waals surface area contributed by atoms with Crippen LogP contribution in [0, 0.1) is 0 Å². The second-order valence-corrected chi connectivity index (χ2v) is 7.18. The predicted molar refractivity (Wildman–Crippen MR) is 102 cm³/mol. The first-order valence-corrected chi connectivity index (χ1v) is 9.17. The Labute approximate surface area is 158 Å². The molecule has 27 heavy (non-hydrogen) atoms. The van der Waals surface area contributed by atoms with Gasteiger partial charge in [0.05, 0.1) is 12.6 Å². The highest BCUT2D eigenvalue weighted by atomic mass is 19.3. The number of piperidine rings is 1. The van der Waals surface area contributed by atoms with E-state index in [9.17, 15) is 4.79 Å². The number of alkyl halides is 2. The van der Waals surface area contributed by atoms with Crippen molar-refractivity contribution in [2.75, 3.05) is 25.0 Å². The summed E-state index contributed by atoms with van der Waals surface area (Å²) in [6.07, 6.45) is 0.326. The molecule has 1 aromatic heterocycles. The lowest BCUT2D eigenvalue weighted by Crippen LogP contribution is -2.58. The molecule has 4 nitrogen and oxygen atoms in total. The molecule has 1 saturated heterocycles. The molecule has 2 atom stereocenters. The van der Waals surface area contributed by atoms with Gasteiger partial charge in [-0.15, -0.1) is 0 Å². The normalized spacial score (nSPS) is 20.5. The molecule has 0 saturated carbocycles. The zero-order valence-electron chi connectivity index (χ0n) is 15.9. The van der Waals surface area contributed by atoms with E-state index >= 15 is 8.78 Å². The van der Waals surface area contributed by atoms with Crippen molar-refractivity contribution in [1.82, 2.24) is 9.88 Å². The molecule has 0 aliphatic carbocycles. The molecule has 6 heteroatoms. The van der Waals surface area contributed by atoms with Crippen LogP contribution in [-0.4, -0.2) is 47.8 Å². The molecule has 1 aromatic carbocycles. The zero-order valence-corrected chi connectivity index (χ0v) is 15.9. The van der Waals surface area contributed by atoms with E-state index in [1.807, 2.05) is 37.3 Å². The molecule has 1 aliphatic rings. The van der Waals surface area contributed by atoms with E-state index in [-0.39, 0.29) is 11.8 Å². The molecule has 0 spiro atoms. The second-order valence-electron chi connectivity index (χ2n) is 7.18. The van der Waals surface area contributed by atoms with E-state index in [1.54, 1.807) is 35.0 Å². The standard InChI is InChI=1S/C21H25F2N3O/c1-15(17-8-5-4-6-9-17)25(3)19-12-13-26(14-21(19,22)23)20-11-7-10-18(24-20)16(2)27/h4-11,15,19H,12-14H2,1-3H3/t15-,19-/m1/s1. The lowest BCUT2D eigenvalue weighted by Gasteiger charge is -2.44. The molecule has 0 bridgehead atoms. The van der Waals surface area contributed by atoms with Gasteiger partial charge in [0, 0.05) is 19.5 Å². The summed E-state index contributed by atoms with van der Waals surface area (Å²) in [4.78, 5) is 19.1. The maximum Gasteiger partial charge on any atom is 0.280 e. The molecular weight excluding hydrogens is 348 g/mol. The van der Waals surface area contributed by atoms with Gasteiger partial charge in [0.1, 0.15) is 11.5 Å². The Kier molecular flexibility index (Phi) is 5.56. The van der Waals surface area contributed by atoms with Crippen molar-refractivity contribution in [3.8, 4) is 0 Å². The van der Waals surface area contributed by atoms with Crippen LogP contribution in [0.15, 0.2) is 48.5 Å². The molecule has 1 fully saturated rings. The molecule has 0 N–H and O–H groups in total. The maximum absolute atomic E-state index is 15.0. The summed E-state index contributed by atoms with van der Waals surface area (Å²) in [6.45, 7) is 3.45. The van der Waals surface area contributed by atoms with Crippen LogP contribution in [0.25, 0.3) is 0 Å². The summed E-state index contributed by atoms with van der Waals surface area (Å²) in [7, 11) is 1.76. The Hall–Kier alpha value is -2.34. The number of rotatable bonds is 5. The first-order chi connectivity index (χ1) is 12.8. The number of carbonyl (C=O) groups excluding carboxylic acids is 1. The number of carbonyl (C=O) groups is 1. The van der Waals surface area contributed by atoms with E-state index in [1.165, 1.54) is 6.92 Å². The summed E-state index contributed by atoms with van der Waals surface area (Å²) in [5.74, 6) is -2.63. The monoisotopic (exact) mass is 373 g/mol. The first kappa shape index (κ1) is 19.4. The molecule has 2 heterocycles. The SMILES string of the molecule is CC(=O)c1cccc(N2CC[C@@H](N(C)[C@H](C)c3ccccc3)C(F)(F)C2)n1. The third-order valence-corrected chi connectivity index (χ3v) is 5.37. The van der Waals surface area contributed by atoms with E-state index in [2.05, 4.69) is 4.98 Å². The summed E-state index contributed by atoms with van der Waals surface area (Å²) >= 11 is 0. The van der Waals surface area contributed by atoms with Crippen molar-refractivity contribution < 1.29 is 13.6 Å². The van der Waals surface area contributed by atoms with Gasteiger partial charge in [0.25, 0.3) is 5.92 Å². The Morgan fingerprint density at radius 1 is 1.22 bits per heavy atom. The third-order valence-electron chi connectivity index (χ3n) is 5.37. The number of hydrogen-bond donors (Lipinski definition) is 0. The summed E-state index contributed by atoms with van der Waals surface area (Å²) in [5.41, 5.74) is 1.32. The number of pyridine rings is 1. The smallest absolute Gasteiger partial charge is 0.280 e. The Morgan fingerprint density at radius 3 is 2.56 bits per heavy atom. The molecule has 0 radical (unpaired) electrons. The first-order valence-electron chi connectivity index (χ1n) is 9.17. The van der Waals surface area contributed by atoms with E-state index in [0.29, 0.717) is 24.5 Å². The van der Waals surface area contributed by atoms with Crippen molar-refractivity contribution in [3.63, 3.8) is 0 Å². The van der Waals surface area contributed by atoms with Crippen LogP contribution in [0.4, 0.5) is 14.6 Å². The van der Waals surface area contributed by atoms with Crippen molar-refractivity contribution in [1.29, 1.82) is 0 Å². The highest BCUT2D eigenvalue weighted by Crippen LogP contribution is 2.36. The second kappa shape index (κ2) is 7.72. The van der Waals surface area contributed by atoms with Gasteiger partial charge >= 0.3 is 0 Å². The fourth-order valence-electron chi connectivity index (χ4n) is 3.66. The molecule has 2 aromatic rings. The summed E-state index contributed by atoms with van der Waals surface area (Å²) in [6, 6.07) is 13.7. The molecule has 0 amide bonds. The summed E-state index contributed by atoms with van der Waals surface area (Å²) in [5, 5.41) is 0. The summed E-state index contributed by atoms with van der Waals surface area (Å²) < 4.78 is 30.0. The molecular formula is C21H25F2N3O. The lowest BCUT2D eigenvalue weighted by atomic mass is 9.96. The minimum Gasteiger partial charge on any atom is -0.350 e. The van der Waals surface area contributed by atoms with Crippen LogP contribution in [0.3, 0.4) is 0 Å². The van der Waals surface area contributed by atoms with Gasteiger partial charge < -0.3 is 4.90 Å². The van der Waals surface area contributed by atoms with Crippen LogP contribution in [-0.2, 0) is 0 Å². The molecule has 1 aliphatic heterocycles. The zero-order chi connectivity index (χ0) is 19.6. The van der Waals surface area contributed by atoms with Crippen LogP contribution < -0.4 is 4.90 Å². The highest BCUT2D eigenvalue weighted by Gasteiger charge is 2.47. The number of anilines is 1. The largest absolute Gasteiger partial charge is 0.350 e. The topological polar surface area (TPSA) is 36.4 Å². The Bertz CT molecular complexity index is 797. The van der Waals surface area contributed by atoms with Gasteiger partial charge in [-0.2, -0.15) is 0 Å². The van der Waals surface area contributed by atoms with Crippen molar-refractivity contribution in [2.45, 2.75) is 38.3 Å². The number of hydrogen-bond acceptors (Lipinski definition) is 4. The number of halogens is 2.